The lowest BCUT2D eigenvalue weighted by molar-refractivity contribution is 0.0901. The molecule has 2 aliphatic rings. The van der Waals surface area contributed by atoms with Crippen molar-refractivity contribution in [2.75, 3.05) is 32.7 Å². The number of aromatic amines is 1. The number of nitrogens with one attached hydrogen (secondary N) is 1. The number of hydrogen-bond donors (Lipinski definition) is 1. The van der Waals surface area contributed by atoms with E-state index in [4.69, 9.17) is 4.42 Å². The number of aromatic nitrogens is 2. The van der Waals surface area contributed by atoms with E-state index in [2.05, 4.69) is 9.55 Å². The van der Waals surface area contributed by atoms with Gasteiger partial charge in [-0.1, -0.05) is 0 Å². The predicted octanol–water partition coefficient (Wildman–Crippen LogP) is 2.06. The van der Waals surface area contributed by atoms with Gasteiger partial charge in [0.2, 0.25) is 10.0 Å². The van der Waals surface area contributed by atoms with Crippen LogP contribution < -0.4 is 5.76 Å². The molecular weight excluding hydrogens is 432 g/mol. The highest BCUT2D eigenvalue weighted by molar-refractivity contribution is 7.89. The number of sulfonamides is 1. The van der Waals surface area contributed by atoms with Crippen molar-refractivity contribution >= 4 is 26.9 Å². The number of hydrogen-bond acceptors (Lipinski definition) is 6. The summed E-state index contributed by atoms with van der Waals surface area (Å²) in [5.74, 6) is -0.542. The first-order valence-electron chi connectivity index (χ1n) is 10.8. The molecule has 10 heteroatoms. The van der Waals surface area contributed by atoms with Crippen molar-refractivity contribution in [3.8, 4) is 0 Å². The first-order chi connectivity index (χ1) is 15.2. The SMILES string of the molecule is Cc1cc(C(=O)CN2CCN(S(=O)(=O)c3ccc4[nH]c(=O)oc4c3)CC2)c(C)n1C1CC1. The Morgan fingerprint density at radius 2 is 1.84 bits per heavy atom. The van der Waals surface area contributed by atoms with Crippen LogP contribution in [0, 0.1) is 13.8 Å². The molecule has 0 spiro atoms. The van der Waals surface area contributed by atoms with E-state index < -0.39 is 15.8 Å². The van der Waals surface area contributed by atoms with Gasteiger partial charge in [0.25, 0.3) is 0 Å². The number of nitrogens with zero attached hydrogens (tertiary/aromatic N) is 3. The standard InChI is InChI=1S/C22H26N4O5S/c1-14-11-18(15(2)26(14)16-3-4-16)20(27)13-24-7-9-25(10-8-24)32(29,30)17-5-6-19-21(12-17)31-22(28)23-19/h5-6,11-12,16H,3-4,7-10,13H2,1-2H3,(H,23,28). The second-order valence-corrected chi connectivity index (χ2v) is 10.6. The minimum atomic E-state index is -3.72. The number of piperazine rings is 1. The van der Waals surface area contributed by atoms with E-state index in [1.807, 2.05) is 24.8 Å². The van der Waals surface area contributed by atoms with Crippen LogP contribution in [-0.4, -0.2) is 65.7 Å². The summed E-state index contributed by atoms with van der Waals surface area (Å²) in [5.41, 5.74) is 3.59. The van der Waals surface area contributed by atoms with Crippen LogP contribution in [0.3, 0.4) is 0 Å². The van der Waals surface area contributed by atoms with E-state index in [-0.39, 0.29) is 22.8 Å². The molecule has 1 saturated carbocycles. The third-order valence-corrected chi connectivity index (χ3v) is 8.32. The third kappa shape index (κ3) is 3.72. The monoisotopic (exact) mass is 458 g/mol. The van der Waals surface area contributed by atoms with Crippen molar-refractivity contribution in [1.29, 1.82) is 0 Å². The highest BCUT2D eigenvalue weighted by atomic mass is 32.2. The molecule has 0 unspecified atom stereocenters. The van der Waals surface area contributed by atoms with Crippen LogP contribution >= 0.6 is 0 Å². The van der Waals surface area contributed by atoms with Crippen molar-refractivity contribution in [3.05, 3.63) is 51.8 Å². The molecule has 3 aromatic rings. The van der Waals surface area contributed by atoms with Gasteiger partial charge >= 0.3 is 5.76 Å². The maximum Gasteiger partial charge on any atom is 0.417 e. The summed E-state index contributed by atoms with van der Waals surface area (Å²) >= 11 is 0. The average Bonchev–Trinajstić information content (AvgIpc) is 3.44. The Kier molecular flexibility index (Phi) is 5.11. The van der Waals surface area contributed by atoms with Crippen LogP contribution in [0.2, 0.25) is 0 Å². The number of ketones is 1. The second kappa shape index (κ2) is 7.72. The molecule has 5 rings (SSSR count). The molecule has 3 heterocycles. The molecule has 2 aromatic heterocycles. The quantitative estimate of drug-likeness (QED) is 0.567. The third-order valence-electron chi connectivity index (χ3n) is 6.43. The topological polar surface area (TPSA) is 109 Å². The van der Waals surface area contributed by atoms with Crippen LogP contribution in [0.5, 0.6) is 0 Å². The van der Waals surface area contributed by atoms with Gasteiger partial charge in [-0.15, -0.1) is 0 Å². The molecule has 1 saturated heterocycles. The van der Waals surface area contributed by atoms with Crippen LogP contribution in [0.1, 0.15) is 40.6 Å². The Morgan fingerprint density at radius 3 is 2.53 bits per heavy atom. The molecule has 0 radical (unpaired) electrons. The summed E-state index contributed by atoms with van der Waals surface area (Å²) in [6.45, 7) is 5.89. The molecule has 1 N–H and O–H groups in total. The fraction of sp³-hybridized carbons (Fsp3) is 0.455. The second-order valence-electron chi connectivity index (χ2n) is 8.66. The number of fused-ring (bicyclic) bond motifs is 1. The largest absolute Gasteiger partial charge is 0.417 e. The van der Waals surface area contributed by atoms with Gasteiger partial charge in [0.05, 0.1) is 17.0 Å². The molecule has 32 heavy (non-hydrogen) atoms. The normalized spacial score (nSPS) is 18.4. The molecule has 1 aliphatic heterocycles. The van der Waals surface area contributed by atoms with Gasteiger partial charge in [0.1, 0.15) is 0 Å². The van der Waals surface area contributed by atoms with E-state index in [0.29, 0.717) is 37.7 Å². The van der Waals surface area contributed by atoms with Gasteiger partial charge in [-0.3, -0.25) is 14.7 Å². The molecule has 9 nitrogen and oxygen atoms in total. The lowest BCUT2D eigenvalue weighted by Crippen LogP contribution is -2.49. The Labute approximate surface area is 185 Å². The number of aryl methyl sites for hydroxylation is 1. The minimum Gasteiger partial charge on any atom is -0.408 e. The highest BCUT2D eigenvalue weighted by Gasteiger charge is 2.31. The van der Waals surface area contributed by atoms with Crippen molar-refractivity contribution in [1.82, 2.24) is 18.8 Å². The van der Waals surface area contributed by atoms with Gasteiger partial charge in [0, 0.05) is 55.2 Å². The van der Waals surface area contributed by atoms with Crippen molar-refractivity contribution in [2.45, 2.75) is 37.6 Å². The van der Waals surface area contributed by atoms with E-state index >= 15 is 0 Å². The first-order valence-corrected chi connectivity index (χ1v) is 12.2. The maximum absolute atomic E-state index is 13.1. The smallest absolute Gasteiger partial charge is 0.408 e. The van der Waals surface area contributed by atoms with E-state index in [1.54, 1.807) is 0 Å². The summed E-state index contributed by atoms with van der Waals surface area (Å²) in [5, 5.41) is 0. The predicted molar refractivity (Wildman–Crippen MR) is 119 cm³/mol. The fourth-order valence-corrected chi connectivity index (χ4v) is 6.04. The molecule has 1 aromatic carbocycles. The zero-order valence-corrected chi connectivity index (χ0v) is 18.9. The molecule has 0 amide bonds. The number of benzene rings is 1. The highest BCUT2D eigenvalue weighted by Crippen LogP contribution is 2.38. The van der Waals surface area contributed by atoms with Gasteiger partial charge in [-0.25, -0.2) is 13.2 Å². The van der Waals surface area contributed by atoms with Gasteiger partial charge < -0.3 is 8.98 Å². The van der Waals surface area contributed by atoms with Crippen LogP contribution in [0.15, 0.2) is 38.4 Å². The molecular formula is C22H26N4O5S. The minimum absolute atomic E-state index is 0.0780. The molecule has 0 bridgehead atoms. The van der Waals surface area contributed by atoms with Gasteiger partial charge in [-0.2, -0.15) is 4.31 Å². The van der Waals surface area contributed by atoms with Crippen molar-refractivity contribution in [2.24, 2.45) is 0 Å². The van der Waals surface area contributed by atoms with Gasteiger partial charge in [-0.05, 0) is 44.9 Å². The van der Waals surface area contributed by atoms with Crippen LogP contribution in [0.25, 0.3) is 11.1 Å². The van der Waals surface area contributed by atoms with E-state index in [9.17, 15) is 18.0 Å². The van der Waals surface area contributed by atoms with Crippen molar-refractivity contribution in [3.63, 3.8) is 0 Å². The number of carbonyl (C=O) groups excluding carboxylic acids is 1. The van der Waals surface area contributed by atoms with E-state index in [1.165, 1.54) is 35.3 Å². The summed E-state index contributed by atoms with van der Waals surface area (Å²) in [6.07, 6.45) is 2.34. The average molecular weight is 459 g/mol. The summed E-state index contributed by atoms with van der Waals surface area (Å²) in [6, 6.07) is 6.87. The molecule has 1 aliphatic carbocycles. The number of carbonyl (C=O) groups is 1. The number of oxazole rings is 1. The summed E-state index contributed by atoms with van der Waals surface area (Å²) in [7, 11) is -3.72. The Hall–Kier alpha value is -2.69. The zero-order chi connectivity index (χ0) is 22.6. The summed E-state index contributed by atoms with van der Waals surface area (Å²) in [4.78, 5) is 28.9. The van der Waals surface area contributed by atoms with Crippen LogP contribution in [-0.2, 0) is 10.0 Å². The Bertz CT molecular complexity index is 1350. The number of Topliss-reactive ketones (excluding diaryl/α,β-unsaturated/α-hetero) is 1. The fourth-order valence-electron chi connectivity index (χ4n) is 4.61. The van der Waals surface area contributed by atoms with Crippen LogP contribution in [0.4, 0.5) is 0 Å². The lowest BCUT2D eigenvalue weighted by Gasteiger charge is -2.33. The number of H-pyrrole nitrogens is 1. The van der Waals surface area contributed by atoms with Crippen molar-refractivity contribution < 1.29 is 17.6 Å². The number of rotatable bonds is 6. The lowest BCUT2D eigenvalue weighted by atomic mass is 10.1. The zero-order valence-electron chi connectivity index (χ0n) is 18.1. The summed E-state index contributed by atoms with van der Waals surface area (Å²) < 4.78 is 34.8. The maximum atomic E-state index is 13.1. The van der Waals surface area contributed by atoms with Gasteiger partial charge in [0.15, 0.2) is 11.4 Å². The molecule has 2 fully saturated rings. The first kappa shape index (κ1) is 21.2. The molecule has 170 valence electrons. The Morgan fingerprint density at radius 1 is 1.12 bits per heavy atom. The molecule has 0 atom stereocenters. The Balaban J connectivity index is 1.25. The van der Waals surface area contributed by atoms with E-state index in [0.717, 1.165) is 17.0 Å².